The lowest BCUT2D eigenvalue weighted by Crippen LogP contribution is -2.42. The monoisotopic (exact) mass is 347 g/mol. The van der Waals surface area contributed by atoms with Crippen LogP contribution < -0.4 is 9.47 Å². The van der Waals surface area contributed by atoms with Crippen LogP contribution in [0.4, 0.5) is 0 Å². The first-order chi connectivity index (χ1) is 11.7. The van der Waals surface area contributed by atoms with Crippen molar-refractivity contribution in [3.63, 3.8) is 0 Å². The fourth-order valence-electron chi connectivity index (χ4n) is 2.58. The van der Waals surface area contributed by atoms with E-state index in [1.54, 1.807) is 17.0 Å². The van der Waals surface area contributed by atoms with Crippen molar-refractivity contribution in [1.82, 2.24) is 14.9 Å². The Morgan fingerprint density at radius 2 is 1.88 bits per heavy atom. The molecule has 0 spiro atoms. The molecule has 1 fully saturated rings. The minimum Gasteiger partial charge on any atom is -0.490 e. The molecule has 1 aliphatic heterocycles. The molecule has 1 aromatic heterocycles. The summed E-state index contributed by atoms with van der Waals surface area (Å²) in [7, 11) is 1.51. The number of piperidine rings is 1. The Bertz CT molecular complexity index is 683. The highest BCUT2D eigenvalue weighted by molar-refractivity contribution is 6.30. The number of halogens is 1. The van der Waals surface area contributed by atoms with Gasteiger partial charge in [0.05, 0.1) is 19.5 Å². The molecule has 0 aliphatic carbocycles. The smallest absolute Gasteiger partial charge is 0.274 e. The van der Waals surface area contributed by atoms with E-state index in [9.17, 15) is 4.79 Å². The molecule has 1 aromatic carbocycles. The van der Waals surface area contributed by atoms with E-state index in [0.717, 1.165) is 18.6 Å². The Hall–Kier alpha value is -2.34. The molecule has 1 saturated heterocycles. The van der Waals surface area contributed by atoms with E-state index in [1.165, 1.54) is 19.5 Å². The first-order valence-electron chi connectivity index (χ1n) is 7.73. The number of carbonyl (C=O) groups is 1. The average molecular weight is 348 g/mol. The molecule has 0 radical (unpaired) electrons. The maximum Gasteiger partial charge on any atom is 0.274 e. The highest BCUT2D eigenvalue weighted by Gasteiger charge is 2.25. The van der Waals surface area contributed by atoms with Crippen LogP contribution in [-0.4, -0.2) is 47.1 Å². The maximum absolute atomic E-state index is 12.4. The fraction of sp³-hybridized carbons (Fsp3) is 0.353. The van der Waals surface area contributed by atoms with Crippen LogP contribution in [0.1, 0.15) is 23.3 Å². The van der Waals surface area contributed by atoms with Gasteiger partial charge in [-0.3, -0.25) is 4.79 Å². The second-order valence-corrected chi connectivity index (χ2v) is 5.94. The molecule has 126 valence electrons. The molecule has 0 saturated carbocycles. The third-order valence-corrected chi connectivity index (χ3v) is 4.15. The van der Waals surface area contributed by atoms with Crippen LogP contribution in [0, 0.1) is 0 Å². The van der Waals surface area contributed by atoms with Gasteiger partial charge in [-0.05, 0) is 24.3 Å². The number of ether oxygens (including phenoxy) is 2. The van der Waals surface area contributed by atoms with Gasteiger partial charge in [-0.2, -0.15) is 0 Å². The van der Waals surface area contributed by atoms with Gasteiger partial charge >= 0.3 is 0 Å². The van der Waals surface area contributed by atoms with Crippen LogP contribution in [-0.2, 0) is 0 Å². The molecule has 0 bridgehead atoms. The lowest BCUT2D eigenvalue weighted by Gasteiger charge is -2.32. The Kier molecular flexibility index (Phi) is 5.15. The van der Waals surface area contributed by atoms with Crippen molar-refractivity contribution in [2.75, 3.05) is 20.2 Å². The third-order valence-electron chi connectivity index (χ3n) is 3.90. The summed E-state index contributed by atoms with van der Waals surface area (Å²) in [6.07, 6.45) is 4.54. The summed E-state index contributed by atoms with van der Waals surface area (Å²) in [6, 6.07) is 7.31. The number of aromatic nitrogens is 2. The fourth-order valence-corrected chi connectivity index (χ4v) is 2.70. The van der Waals surface area contributed by atoms with Gasteiger partial charge in [0.15, 0.2) is 0 Å². The van der Waals surface area contributed by atoms with Crippen molar-refractivity contribution < 1.29 is 14.3 Å². The molecule has 0 N–H and O–H groups in total. The van der Waals surface area contributed by atoms with E-state index in [-0.39, 0.29) is 12.0 Å². The number of rotatable bonds is 4. The van der Waals surface area contributed by atoms with Crippen molar-refractivity contribution in [2.24, 2.45) is 0 Å². The summed E-state index contributed by atoms with van der Waals surface area (Å²) >= 11 is 5.87. The lowest BCUT2D eigenvalue weighted by atomic mass is 10.1. The molecule has 7 heteroatoms. The van der Waals surface area contributed by atoms with Crippen molar-refractivity contribution in [3.8, 4) is 11.6 Å². The Morgan fingerprint density at radius 3 is 2.46 bits per heavy atom. The molecule has 2 heterocycles. The van der Waals surface area contributed by atoms with E-state index in [4.69, 9.17) is 21.1 Å². The molecular formula is C17H18ClN3O3. The summed E-state index contributed by atoms with van der Waals surface area (Å²) in [5.41, 5.74) is 0.327. The lowest BCUT2D eigenvalue weighted by molar-refractivity contribution is 0.0589. The number of benzene rings is 1. The zero-order chi connectivity index (χ0) is 16.9. The van der Waals surface area contributed by atoms with Crippen molar-refractivity contribution >= 4 is 17.5 Å². The summed E-state index contributed by atoms with van der Waals surface area (Å²) < 4.78 is 10.9. The van der Waals surface area contributed by atoms with E-state index in [2.05, 4.69) is 9.97 Å². The minimum atomic E-state index is -0.116. The second-order valence-electron chi connectivity index (χ2n) is 5.51. The van der Waals surface area contributed by atoms with Gasteiger partial charge in [0, 0.05) is 31.0 Å². The van der Waals surface area contributed by atoms with Gasteiger partial charge in [0.1, 0.15) is 17.5 Å². The standard InChI is InChI=1S/C17H18ClN3O3/c1-23-16-11-19-15(10-20-16)17(22)21-8-6-14(7-9-21)24-13-4-2-12(18)3-5-13/h2-5,10-11,14H,6-9H2,1H3. The molecule has 6 nitrogen and oxygen atoms in total. The van der Waals surface area contributed by atoms with Crippen LogP contribution in [0.25, 0.3) is 0 Å². The number of hydrogen-bond donors (Lipinski definition) is 0. The molecule has 2 aromatic rings. The zero-order valence-electron chi connectivity index (χ0n) is 13.3. The van der Waals surface area contributed by atoms with E-state index in [1.807, 2.05) is 12.1 Å². The maximum atomic E-state index is 12.4. The SMILES string of the molecule is COc1cnc(C(=O)N2CCC(Oc3ccc(Cl)cc3)CC2)cn1. The van der Waals surface area contributed by atoms with E-state index in [0.29, 0.717) is 29.7 Å². The molecule has 0 unspecified atom stereocenters. The summed E-state index contributed by atoms with van der Waals surface area (Å²) in [5, 5.41) is 0.684. The number of nitrogens with zero attached hydrogens (tertiary/aromatic N) is 3. The van der Waals surface area contributed by atoms with E-state index < -0.39 is 0 Å². The predicted molar refractivity (Wildman–Crippen MR) is 89.6 cm³/mol. The normalized spacial score (nSPS) is 15.2. The average Bonchev–Trinajstić information content (AvgIpc) is 2.64. The number of hydrogen-bond acceptors (Lipinski definition) is 5. The quantitative estimate of drug-likeness (QED) is 0.851. The second kappa shape index (κ2) is 7.49. The van der Waals surface area contributed by atoms with Crippen LogP contribution in [0.5, 0.6) is 11.6 Å². The molecule has 3 rings (SSSR count). The minimum absolute atomic E-state index is 0.0946. The highest BCUT2D eigenvalue weighted by Crippen LogP contribution is 2.21. The number of likely N-dealkylation sites (tertiary alicyclic amines) is 1. The number of amides is 1. The summed E-state index contributed by atoms with van der Waals surface area (Å²) in [6.45, 7) is 1.26. The van der Waals surface area contributed by atoms with Crippen LogP contribution in [0.2, 0.25) is 5.02 Å². The van der Waals surface area contributed by atoms with Crippen LogP contribution >= 0.6 is 11.6 Å². The van der Waals surface area contributed by atoms with Gasteiger partial charge in [-0.25, -0.2) is 9.97 Å². The summed E-state index contributed by atoms with van der Waals surface area (Å²) in [5.74, 6) is 1.07. The van der Waals surface area contributed by atoms with Crippen LogP contribution in [0.3, 0.4) is 0 Å². The van der Waals surface area contributed by atoms with E-state index >= 15 is 0 Å². The van der Waals surface area contributed by atoms with Gasteiger partial charge < -0.3 is 14.4 Å². The first kappa shape index (κ1) is 16.5. The van der Waals surface area contributed by atoms with Crippen LogP contribution in [0.15, 0.2) is 36.7 Å². The topological polar surface area (TPSA) is 64.5 Å². The van der Waals surface area contributed by atoms with Gasteiger partial charge in [0.2, 0.25) is 5.88 Å². The zero-order valence-corrected chi connectivity index (χ0v) is 14.1. The molecular weight excluding hydrogens is 330 g/mol. The number of methoxy groups -OCH3 is 1. The Balaban J connectivity index is 1.54. The van der Waals surface area contributed by atoms with Gasteiger partial charge in [0.25, 0.3) is 5.91 Å². The molecule has 0 atom stereocenters. The van der Waals surface area contributed by atoms with Crippen molar-refractivity contribution in [2.45, 2.75) is 18.9 Å². The first-order valence-corrected chi connectivity index (χ1v) is 8.11. The number of carbonyl (C=O) groups excluding carboxylic acids is 1. The third kappa shape index (κ3) is 3.94. The summed E-state index contributed by atoms with van der Waals surface area (Å²) in [4.78, 5) is 22.3. The van der Waals surface area contributed by atoms with Gasteiger partial charge in [-0.15, -0.1) is 0 Å². The molecule has 1 aliphatic rings. The highest BCUT2D eigenvalue weighted by atomic mass is 35.5. The Morgan fingerprint density at radius 1 is 1.17 bits per heavy atom. The largest absolute Gasteiger partial charge is 0.490 e. The molecule has 24 heavy (non-hydrogen) atoms. The van der Waals surface area contributed by atoms with Gasteiger partial charge in [-0.1, -0.05) is 11.6 Å². The Labute approximate surface area is 145 Å². The van der Waals surface area contributed by atoms with Crippen molar-refractivity contribution in [1.29, 1.82) is 0 Å². The predicted octanol–water partition coefficient (Wildman–Crippen LogP) is 2.82. The van der Waals surface area contributed by atoms with Crippen molar-refractivity contribution in [3.05, 3.63) is 47.4 Å². The molecule has 1 amide bonds.